The summed E-state index contributed by atoms with van der Waals surface area (Å²) < 4.78 is 0. The number of pyridine rings is 1. The first kappa shape index (κ1) is 21.7. The molecule has 1 N–H and O–H groups in total. The van der Waals surface area contributed by atoms with Gasteiger partial charge in [0.25, 0.3) is 5.91 Å². The number of nitrogens with zero attached hydrogens (tertiary/aromatic N) is 3. The molecule has 0 unspecified atom stereocenters. The van der Waals surface area contributed by atoms with Crippen molar-refractivity contribution in [1.29, 1.82) is 0 Å². The van der Waals surface area contributed by atoms with Crippen molar-refractivity contribution in [3.63, 3.8) is 0 Å². The maximum Gasteiger partial charge on any atom is 0.257 e. The SMILES string of the molecule is O=C(c1cccnc1N1CCN[C@@H](c2ccccc2)C1)N1CCC(Cc2ccccc2)CC1. The Morgan fingerprint density at radius 2 is 1.64 bits per heavy atom. The summed E-state index contributed by atoms with van der Waals surface area (Å²) in [6.07, 6.45) is 5.01. The lowest BCUT2D eigenvalue weighted by molar-refractivity contribution is 0.0690. The van der Waals surface area contributed by atoms with Crippen LogP contribution in [0, 0.1) is 5.92 Å². The van der Waals surface area contributed by atoms with Crippen molar-refractivity contribution in [2.24, 2.45) is 5.92 Å². The Kier molecular flexibility index (Phi) is 6.68. The lowest BCUT2D eigenvalue weighted by Crippen LogP contribution is -2.47. The van der Waals surface area contributed by atoms with Crippen LogP contribution in [-0.2, 0) is 6.42 Å². The highest BCUT2D eigenvalue weighted by atomic mass is 16.2. The van der Waals surface area contributed by atoms with Gasteiger partial charge in [0.1, 0.15) is 5.82 Å². The summed E-state index contributed by atoms with van der Waals surface area (Å²) in [6, 6.07) is 25.3. The first-order valence-electron chi connectivity index (χ1n) is 12.1. The van der Waals surface area contributed by atoms with Crippen LogP contribution in [0.25, 0.3) is 0 Å². The Morgan fingerprint density at radius 1 is 0.909 bits per heavy atom. The van der Waals surface area contributed by atoms with E-state index < -0.39 is 0 Å². The second-order valence-corrected chi connectivity index (χ2v) is 9.16. The Labute approximate surface area is 196 Å². The van der Waals surface area contributed by atoms with E-state index in [2.05, 4.69) is 69.8 Å². The number of benzene rings is 2. The van der Waals surface area contributed by atoms with Crippen LogP contribution >= 0.6 is 0 Å². The molecule has 2 aliphatic heterocycles. The van der Waals surface area contributed by atoms with E-state index in [9.17, 15) is 4.79 Å². The summed E-state index contributed by atoms with van der Waals surface area (Å²) >= 11 is 0. The highest BCUT2D eigenvalue weighted by molar-refractivity contribution is 5.99. The van der Waals surface area contributed by atoms with Crippen molar-refractivity contribution in [1.82, 2.24) is 15.2 Å². The van der Waals surface area contributed by atoms with Crippen LogP contribution in [0.2, 0.25) is 0 Å². The van der Waals surface area contributed by atoms with Gasteiger partial charge in [0.15, 0.2) is 0 Å². The zero-order valence-electron chi connectivity index (χ0n) is 19.1. The third kappa shape index (κ3) is 5.09. The fraction of sp³-hybridized carbons (Fsp3) is 0.357. The van der Waals surface area contributed by atoms with Crippen molar-refractivity contribution < 1.29 is 4.79 Å². The maximum absolute atomic E-state index is 13.5. The van der Waals surface area contributed by atoms with Gasteiger partial charge >= 0.3 is 0 Å². The molecule has 5 heteroatoms. The summed E-state index contributed by atoms with van der Waals surface area (Å²) in [5.74, 6) is 1.58. The number of amides is 1. The first-order chi connectivity index (χ1) is 16.3. The van der Waals surface area contributed by atoms with E-state index in [1.807, 2.05) is 23.1 Å². The molecule has 2 saturated heterocycles. The minimum Gasteiger partial charge on any atom is -0.353 e. The lowest BCUT2D eigenvalue weighted by Gasteiger charge is -2.37. The van der Waals surface area contributed by atoms with E-state index >= 15 is 0 Å². The number of aromatic nitrogens is 1. The molecule has 33 heavy (non-hydrogen) atoms. The lowest BCUT2D eigenvalue weighted by atomic mass is 9.90. The van der Waals surface area contributed by atoms with Gasteiger partial charge in [0.05, 0.1) is 5.56 Å². The fourth-order valence-electron chi connectivity index (χ4n) is 5.12. The van der Waals surface area contributed by atoms with Gasteiger partial charge in [-0.05, 0) is 48.4 Å². The number of carbonyl (C=O) groups is 1. The highest BCUT2D eigenvalue weighted by Crippen LogP contribution is 2.27. The van der Waals surface area contributed by atoms with Crippen LogP contribution in [0.1, 0.15) is 40.4 Å². The standard InChI is InChI=1S/C28H32N4O/c33-28(31-17-13-23(14-18-31)20-22-8-3-1-4-9-22)25-12-7-15-30-27(25)32-19-16-29-26(21-32)24-10-5-2-6-11-24/h1-12,15,23,26,29H,13-14,16-21H2/t26-/m1/s1. The summed E-state index contributed by atoms with van der Waals surface area (Å²) in [5, 5.41) is 3.61. The van der Waals surface area contributed by atoms with Crippen LogP contribution in [-0.4, -0.2) is 48.5 Å². The summed E-state index contributed by atoms with van der Waals surface area (Å²) in [5.41, 5.74) is 3.39. The third-order valence-electron chi connectivity index (χ3n) is 6.96. The molecule has 1 atom stereocenters. The fourth-order valence-corrected chi connectivity index (χ4v) is 5.12. The second-order valence-electron chi connectivity index (χ2n) is 9.16. The van der Waals surface area contributed by atoms with Crippen LogP contribution < -0.4 is 10.2 Å². The largest absolute Gasteiger partial charge is 0.353 e. The Bertz CT molecular complexity index is 1050. The van der Waals surface area contributed by atoms with Crippen molar-refractivity contribution in [3.05, 3.63) is 95.7 Å². The molecule has 1 amide bonds. The third-order valence-corrected chi connectivity index (χ3v) is 6.96. The molecule has 1 aromatic heterocycles. The molecule has 3 aromatic rings. The average Bonchev–Trinajstić information content (AvgIpc) is 2.90. The van der Waals surface area contributed by atoms with Crippen molar-refractivity contribution in [2.45, 2.75) is 25.3 Å². The number of piperidine rings is 1. The normalized spacial score (nSPS) is 19.5. The highest BCUT2D eigenvalue weighted by Gasteiger charge is 2.29. The summed E-state index contributed by atoms with van der Waals surface area (Å²) in [4.78, 5) is 22.5. The van der Waals surface area contributed by atoms with E-state index in [-0.39, 0.29) is 11.9 Å². The number of hydrogen-bond donors (Lipinski definition) is 1. The zero-order chi connectivity index (χ0) is 22.5. The number of nitrogens with one attached hydrogen (secondary N) is 1. The molecule has 0 radical (unpaired) electrons. The van der Waals surface area contributed by atoms with Gasteiger partial charge in [-0.1, -0.05) is 60.7 Å². The van der Waals surface area contributed by atoms with Crippen molar-refractivity contribution in [3.8, 4) is 0 Å². The van der Waals surface area contributed by atoms with E-state index in [0.717, 1.165) is 63.4 Å². The number of hydrogen-bond acceptors (Lipinski definition) is 4. The Balaban J connectivity index is 1.25. The van der Waals surface area contributed by atoms with E-state index in [4.69, 9.17) is 0 Å². The molecular formula is C28H32N4O. The van der Waals surface area contributed by atoms with Crippen LogP contribution in [0.3, 0.4) is 0 Å². The summed E-state index contributed by atoms with van der Waals surface area (Å²) in [7, 11) is 0. The zero-order valence-corrected chi connectivity index (χ0v) is 19.1. The van der Waals surface area contributed by atoms with Crippen LogP contribution in [0.15, 0.2) is 79.0 Å². The van der Waals surface area contributed by atoms with Crippen molar-refractivity contribution >= 4 is 11.7 Å². The predicted molar refractivity (Wildman–Crippen MR) is 132 cm³/mol. The molecule has 3 heterocycles. The first-order valence-corrected chi connectivity index (χ1v) is 12.1. The van der Waals surface area contributed by atoms with Gasteiger partial charge in [-0.25, -0.2) is 4.98 Å². The van der Waals surface area contributed by atoms with Gasteiger partial charge in [-0.3, -0.25) is 4.79 Å². The molecule has 5 nitrogen and oxygen atoms in total. The van der Waals surface area contributed by atoms with E-state index in [0.29, 0.717) is 5.92 Å². The quantitative estimate of drug-likeness (QED) is 0.642. The molecule has 0 spiro atoms. The Morgan fingerprint density at radius 3 is 2.39 bits per heavy atom. The maximum atomic E-state index is 13.5. The number of likely N-dealkylation sites (tertiary alicyclic amines) is 1. The predicted octanol–water partition coefficient (Wildman–Crippen LogP) is 4.33. The molecule has 5 rings (SSSR count). The van der Waals surface area contributed by atoms with Crippen LogP contribution in [0.4, 0.5) is 5.82 Å². The van der Waals surface area contributed by atoms with Gasteiger partial charge < -0.3 is 15.1 Å². The number of piperazine rings is 1. The van der Waals surface area contributed by atoms with E-state index in [1.54, 1.807) is 6.20 Å². The van der Waals surface area contributed by atoms with Gasteiger partial charge in [0.2, 0.25) is 0 Å². The molecule has 0 aliphatic carbocycles. The minimum atomic E-state index is 0.117. The Hall–Kier alpha value is -3.18. The molecule has 2 aromatic carbocycles. The van der Waals surface area contributed by atoms with Crippen LogP contribution in [0.5, 0.6) is 0 Å². The molecule has 2 aliphatic rings. The molecule has 170 valence electrons. The van der Waals surface area contributed by atoms with Crippen molar-refractivity contribution in [2.75, 3.05) is 37.6 Å². The minimum absolute atomic E-state index is 0.117. The molecule has 0 saturated carbocycles. The number of anilines is 1. The molecular weight excluding hydrogens is 408 g/mol. The van der Waals surface area contributed by atoms with E-state index in [1.165, 1.54) is 11.1 Å². The average molecular weight is 441 g/mol. The molecule has 2 fully saturated rings. The number of rotatable bonds is 5. The molecule has 0 bridgehead atoms. The van der Waals surface area contributed by atoms with Gasteiger partial charge in [-0.15, -0.1) is 0 Å². The van der Waals surface area contributed by atoms with Gasteiger partial charge in [0, 0.05) is 45.0 Å². The topological polar surface area (TPSA) is 48.5 Å². The monoisotopic (exact) mass is 440 g/mol. The second kappa shape index (κ2) is 10.2. The smallest absolute Gasteiger partial charge is 0.257 e. The number of carbonyl (C=O) groups excluding carboxylic acids is 1. The summed E-state index contributed by atoms with van der Waals surface area (Å²) in [6.45, 7) is 4.16. The van der Waals surface area contributed by atoms with Gasteiger partial charge in [-0.2, -0.15) is 0 Å².